The van der Waals surface area contributed by atoms with E-state index in [9.17, 15) is 9.59 Å². The average Bonchev–Trinajstić information content (AvgIpc) is 2.59. The van der Waals surface area contributed by atoms with Crippen LogP contribution in [0.3, 0.4) is 0 Å². The number of fused-ring (bicyclic) bond motifs is 2. The minimum absolute atomic E-state index is 0.000787. The monoisotopic (exact) mass is 192 g/mol. The molecule has 2 rings (SSSR count). The minimum Gasteiger partial charge on any atom is -0.211 e. The van der Waals surface area contributed by atoms with Crippen LogP contribution >= 0.6 is 0 Å². The zero-order valence-electron chi connectivity index (χ0n) is 8.06. The van der Waals surface area contributed by atoms with Crippen molar-refractivity contribution in [2.24, 2.45) is 21.3 Å². The Bertz CT molecular complexity index is 312. The third kappa shape index (κ3) is 1.16. The van der Waals surface area contributed by atoms with Gasteiger partial charge in [-0.05, 0) is 25.2 Å². The summed E-state index contributed by atoms with van der Waals surface area (Å²) in [5.41, 5.74) is -0.112. The van der Waals surface area contributed by atoms with E-state index in [0.717, 1.165) is 19.3 Å². The highest BCUT2D eigenvalue weighted by Gasteiger charge is 2.55. The predicted molar refractivity (Wildman–Crippen MR) is 49.3 cm³/mol. The molecular formula is C10H12N2O2. The van der Waals surface area contributed by atoms with E-state index in [0.29, 0.717) is 5.92 Å². The van der Waals surface area contributed by atoms with E-state index in [-0.39, 0.29) is 17.5 Å². The molecule has 2 aliphatic rings. The Morgan fingerprint density at radius 3 is 2.00 bits per heavy atom. The molecule has 0 amide bonds. The molecule has 4 heteroatoms. The molecule has 0 saturated heterocycles. The van der Waals surface area contributed by atoms with Gasteiger partial charge >= 0.3 is 0 Å². The highest BCUT2D eigenvalue weighted by molar-refractivity contribution is 5.37. The molecule has 2 fully saturated rings. The summed E-state index contributed by atoms with van der Waals surface area (Å²) in [6.45, 7) is 2.05. The Labute approximate surface area is 82.1 Å². The first kappa shape index (κ1) is 9.32. The lowest BCUT2D eigenvalue weighted by Crippen LogP contribution is -2.36. The Morgan fingerprint density at radius 1 is 1.14 bits per heavy atom. The fourth-order valence-corrected chi connectivity index (χ4v) is 3.08. The number of carbonyl (C=O) groups excluding carboxylic acids is 2. The summed E-state index contributed by atoms with van der Waals surface area (Å²) >= 11 is 0. The van der Waals surface area contributed by atoms with Gasteiger partial charge in [-0.25, -0.2) is 19.6 Å². The summed E-state index contributed by atoms with van der Waals surface area (Å²) in [6, 6.07) is 0.00157. The Balaban J connectivity index is 2.28. The number of nitrogens with zero attached hydrogens (tertiary/aromatic N) is 2. The molecule has 14 heavy (non-hydrogen) atoms. The van der Waals surface area contributed by atoms with Gasteiger partial charge < -0.3 is 0 Å². The average molecular weight is 192 g/mol. The summed E-state index contributed by atoms with van der Waals surface area (Å²) in [5, 5.41) is 0. The van der Waals surface area contributed by atoms with Gasteiger partial charge in [0.05, 0.1) is 12.1 Å². The van der Waals surface area contributed by atoms with Gasteiger partial charge in [0.2, 0.25) is 12.2 Å². The van der Waals surface area contributed by atoms with Crippen molar-refractivity contribution in [2.75, 3.05) is 0 Å². The van der Waals surface area contributed by atoms with Crippen molar-refractivity contribution in [3.8, 4) is 0 Å². The first-order valence-corrected chi connectivity index (χ1v) is 4.84. The molecule has 2 bridgehead atoms. The van der Waals surface area contributed by atoms with E-state index in [4.69, 9.17) is 0 Å². The summed E-state index contributed by atoms with van der Waals surface area (Å²) in [5.74, 6) is 0.559. The second kappa shape index (κ2) is 3.16. The van der Waals surface area contributed by atoms with Crippen LogP contribution in [0.2, 0.25) is 0 Å². The van der Waals surface area contributed by atoms with Gasteiger partial charge in [0.15, 0.2) is 0 Å². The van der Waals surface area contributed by atoms with Gasteiger partial charge in [-0.1, -0.05) is 6.92 Å². The summed E-state index contributed by atoms with van der Waals surface area (Å²) in [7, 11) is 0. The van der Waals surface area contributed by atoms with Crippen LogP contribution in [-0.4, -0.2) is 24.2 Å². The predicted octanol–water partition coefficient (Wildman–Crippen LogP) is 1.22. The molecule has 0 heterocycles. The van der Waals surface area contributed by atoms with Crippen LogP contribution in [0.15, 0.2) is 9.98 Å². The van der Waals surface area contributed by atoms with Crippen LogP contribution in [0.1, 0.15) is 26.2 Å². The maximum absolute atomic E-state index is 10.2. The lowest BCUT2D eigenvalue weighted by atomic mass is 9.78. The van der Waals surface area contributed by atoms with Crippen molar-refractivity contribution in [2.45, 2.75) is 38.3 Å². The van der Waals surface area contributed by atoms with Crippen LogP contribution in [0.5, 0.6) is 0 Å². The lowest BCUT2D eigenvalue weighted by molar-refractivity contribution is 0.243. The Morgan fingerprint density at radius 2 is 1.64 bits per heavy atom. The molecule has 74 valence electrons. The Hall–Kier alpha value is -1.24. The van der Waals surface area contributed by atoms with E-state index in [1.165, 1.54) is 0 Å². The zero-order chi connectivity index (χ0) is 10.2. The van der Waals surface area contributed by atoms with Crippen molar-refractivity contribution in [1.82, 2.24) is 0 Å². The first-order valence-electron chi connectivity index (χ1n) is 4.84. The molecule has 0 aromatic carbocycles. The lowest BCUT2D eigenvalue weighted by Gasteiger charge is -2.31. The summed E-state index contributed by atoms with van der Waals surface area (Å²) < 4.78 is 0. The van der Waals surface area contributed by atoms with Gasteiger partial charge in [-0.2, -0.15) is 0 Å². The first-order chi connectivity index (χ1) is 6.70. The second-order valence-corrected chi connectivity index (χ2v) is 4.52. The number of isocyanates is 2. The SMILES string of the molecule is CC12CC(CC1N=C=O)CC2N=C=O. The van der Waals surface area contributed by atoms with Crippen molar-refractivity contribution >= 4 is 12.2 Å². The van der Waals surface area contributed by atoms with Crippen molar-refractivity contribution in [3.63, 3.8) is 0 Å². The molecule has 0 N–H and O–H groups in total. The zero-order valence-corrected chi connectivity index (χ0v) is 8.06. The maximum atomic E-state index is 10.2. The topological polar surface area (TPSA) is 58.9 Å². The number of hydrogen-bond acceptors (Lipinski definition) is 4. The van der Waals surface area contributed by atoms with E-state index >= 15 is 0 Å². The molecule has 0 radical (unpaired) electrons. The number of rotatable bonds is 2. The van der Waals surface area contributed by atoms with Gasteiger partial charge in [0.25, 0.3) is 0 Å². The fourth-order valence-electron chi connectivity index (χ4n) is 3.08. The molecule has 4 nitrogen and oxygen atoms in total. The number of aliphatic imine (C=N–C) groups is 2. The largest absolute Gasteiger partial charge is 0.235 e. The molecule has 0 spiro atoms. The smallest absolute Gasteiger partial charge is 0.211 e. The van der Waals surface area contributed by atoms with Crippen LogP contribution in [0.25, 0.3) is 0 Å². The third-order valence-corrected chi connectivity index (χ3v) is 3.78. The molecular weight excluding hydrogens is 180 g/mol. The molecule has 2 unspecified atom stereocenters. The fraction of sp³-hybridized carbons (Fsp3) is 0.800. The van der Waals surface area contributed by atoms with Crippen LogP contribution in [0.4, 0.5) is 0 Å². The highest BCUT2D eigenvalue weighted by Crippen LogP contribution is 2.56. The summed E-state index contributed by atoms with van der Waals surface area (Å²) in [6.07, 6.45) is 6.13. The van der Waals surface area contributed by atoms with Gasteiger partial charge in [0, 0.05) is 5.41 Å². The van der Waals surface area contributed by atoms with Crippen LogP contribution < -0.4 is 0 Å². The van der Waals surface area contributed by atoms with Crippen molar-refractivity contribution < 1.29 is 9.59 Å². The van der Waals surface area contributed by atoms with E-state index in [1.54, 1.807) is 12.2 Å². The van der Waals surface area contributed by atoms with Crippen LogP contribution in [-0.2, 0) is 9.59 Å². The maximum Gasteiger partial charge on any atom is 0.235 e. The standard InChI is InChI=1S/C10H12N2O2/c1-10-4-7(2-8(10)11-5-13)3-9(10)12-6-14/h7-9H,2-4H2,1H3. The molecule has 2 saturated carbocycles. The molecule has 2 aliphatic carbocycles. The molecule has 2 atom stereocenters. The minimum atomic E-state index is -0.112. The molecule has 0 aromatic rings. The van der Waals surface area contributed by atoms with E-state index in [2.05, 4.69) is 16.9 Å². The van der Waals surface area contributed by atoms with Crippen LogP contribution in [0, 0.1) is 11.3 Å². The quantitative estimate of drug-likeness (QED) is 0.487. The molecule has 0 aliphatic heterocycles. The van der Waals surface area contributed by atoms with E-state index in [1.807, 2.05) is 0 Å². The van der Waals surface area contributed by atoms with Gasteiger partial charge in [-0.3, -0.25) is 0 Å². The number of hydrogen-bond donors (Lipinski definition) is 0. The highest BCUT2D eigenvalue weighted by atomic mass is 16.1. The van der Waals surface area contributed by atoms with Gasteiger partial charge in [-0.15, -0.1) is 0 Å². The second-order valence-electron chi connectivity index (χ2n) is 4.52. The molecule has 0 aromatic heterocycles. The normalized spacial score (nSPS) is 44.2. The van der Waals surface area contributed by atoms with E-state index < -0.39 is 0 Å². The third-order valence-electron chi connectivity index (χ3n) is 3.78. The van der Waals surface area contributed by atoms with Gasteiger partial charge in [0.1, 0.15) is 0 Å². The Kier molecular flexibility index (Phi) is 2.10. The van der Waals surface area contributed by atoms with Crippen molar-refractivity contribution in [3.05, 3.63) is 0 Å². The summed E-state index contributed by atoms with van der Waals surface area (Å²) in [4.78, 5) is 28.1. The van der Waals surface area contributed by atoms with Crippen molar-refractivity contribution in [1.29, 1.82) is 0 Å².